The number of amides is 1. The SMILES string of the molecule is Cc1cc(C(=O)N(C)CCN(C)C)sc1Br. The van der Waals surface area contributed by atoms with Crippen LogP contribution in [0.25, 0.3) is 0 Å². The second kappa shape index (κ2) is 5.80. The van der Waals surface area contributed by atoms with Gasteiger partial charge in [-0.15, -0.1) is 11.3 Å². The Morgan fingerprint density at radius 1 is 1.38 bits per heavy atom. The lowest BCUT2D eigenvalue weighted by atomic mass is 10.3. The first-order valence-corrected chi connectivity index (χ1v) is 6.69. The summed E-state index contributed by atoms with van der Waals surface area (Å²) in [7, 11) is 5.85. The van der Waals surface area contributed by atoms with E-state index in [4.69, 9.17) is 0 Å². The number of carbonyl (C=O) groups is 1. The fourth-order valence-electron chi connectivity index (χ4n) is 1.20. The smallest absolute Gasteiger partial charge is 0.263 e. The molecule has 0 saturated carbocycles. The Balaban J connectivity index is 2.63. The van der Waals surface area contributed by atoms with Crippen LogP contribution in [0, 0.1) is 6.92 Å². The van der Waals surface area contributed by atoms with Crippen LogP contribution in [0.1, 0.15) is 15.2 Å². The molecule has 0 fully saturated rings. The molecule has 0 spiro atoms. The highest BCUT2D eigenvalue weighted by Crippen LogP contribution is 2.27. The monoisotopic (exact) mass is 304 g/mol. The summed E-state index contributed by atoms with van der Waals surface area (Å²) in [6.07, 6.45) is 0. The van der Waals surface area contributed by atoms with E-state index in [9.17, 15) is 4.79 Å². The number of likely N-dealkylation sites (N-methyl/N-ethyl adjacent to an activating group) is 2. The lowest BCUT2D eigenvalue weighted by Gasteiger charge is -2.18. The molecular weight excluding hydrogens is 288 g/mol. The van der Waals surface area contributed by atoms with Crippen molar-refractivity contribution in [2.75, 3.05) is 34.2 Å². The molecule has 1 aromatic heterocycles. The number of rotatable bonds is 4. The third-order valence-corrected chi connectivity index (χ3v) is 4.42. The highest BCUT2D eigenvalue weighted by molar-refractivity contribution is 9.11. The van der Waals surface area contributed by atoms with Crippen molar-refractivity contribution in [1.29, 1.82) is 0 Å². The number of thiophene rings is 1. The van der Waals surface area contributed by atoms with Crippen LogP contribution in [0.15, 0.2) is 9.85 Å². The lowest BCUT2D eigenvalue weighted by Crippen LogP contribution is -2.33. The maximum absolute atomic E-state index is 12.0. The number of nitrogens with zero attached hydrogens (tertiary/aromatic N) is 2. The Morgan fingerprint density at radius 2 is 2.00 bits per heavy atom. The molecule has 0 unspecified atom stereocenters. The van der Waals surface area contributed by atoms with Gasteiger partial charge in [0.05, 0.1) is 8.66 Å². The summed E-state index contributed by atoms with van der Waals surface area (Å²) < 4.78 is 1.04. The molecule has 0 atom stereocenters. The largest absolute Gasteiger partial charge is 0.340 e. The van der Waals surface area contributed by atoms with Crippen molar-refractivity contribution in [1.82, 2.24) is 9.80 Å². The maximum atomic E-state index is 12.0. The summed E-state index contributed by atoms with van der Waals surface area (Å²) in [6, 6.07) is 1.93. The minimum atomic E-state index is 0.0978. The van der Waals surface area contributed by atoms with Gasteiger partial charge >= 0.3 is 0 Å². The molecule has 0 aliphatic rings. The van der Waals surface area contributed by atoms with Gasteiger partial charge in [0.15, 0.2) is 0 Å². The van der Waals surface area contributed by atoms with E-state index in [-0.39, 0.29) is 5.91 Å². The van der Waals surface area contributed by atoms with Gasteiger partial charge in [-0.2, -0.15) is 0 Å². The van der Waals surface area contributed by atoms with Gasteiger partial charge in [-0.25, -0.2) is 0 Å². The molecule has 16 heavy (non-hydrogen) atoms. The van der Waals surface area contributed by atoms with E-state index >= 15 is 0 Å². The highest BCUT2D eigenvalue weighted by atomic mass is 79.9. The first-order chi connectivity index (χ1) is 7.41. The summed E-state index contributed by atoms with van der Waals surface area (Å²) in [4.78, 5) is 16.6. The maximum Gasteiger partial charge on any atom is 0.263 e. The zero-order valence-electron chi connectivity index (χ0n) is 10.1. The molecule has 0 aliphatic heterocycles. The molecule has 0 bridgehead atoms. The molecule has 5 heteroatoms. The molecule has 0 saturated heterocycles. The average Bonchev–Trinajstić information content (AvgIpc) is 2.54. The Bertz CT molecular complexity index is 357. The number of hydrogen-bond acceptors (Lipinski definition) is 3. The molecule has 0 N–H and O–H groups in total. The fraction of sp³-hybridized carbons (Fsp3) is 0.545. The van der Waals surface area contributed by atoms with E-state index in [0.29, 0.717) is 0 Å². The molecular formula is C11H17BrN2OS. The molecule has 1 amide bonds. The predicted molar refractivity (Wildman–Crippen MR) is 72.3 cm³/mol. The van der Waals surface area contributed by atoms with Gasteiger partial charge in [0.25, 0.3) is 5.91 Å². The number of halogens is 1. The van der Waals surface area contributed by atoms with Crippen molar-refractivity contribution >= 4 is 33.2 Å². The second-order valence-corrected chi connectivity index (χ2v) is 6.47. The summed E-state index contributed by atoms with van der Waals surface area (Å²) in [6.45, 7) is 3.63. The topological polar surface area (TPSA) is 23.6 Å². The van der Waals surface area contributed by atoms with Crippen molar-refractivity contribution < 1.29 is 4.79 Å². The van der Waals surface area contributed by atoms with Crippen molar-refractivity contribution in [3.05, 3.63) is 20.3 Å². The third kappa shape index (κ3) is 3.57. The Labute approximate surface area is 109 Å². The van der Waals surface area contributed by atoms with Crippen LogP contribution in [-0.2, 0) is 0 Å². The van der Waals surface area contributed by atoms with E-state index in [2.05, 4.69) is 20.8 Å². The van der Waals surface area contributed by atoms with Gasteiger partial charge in [-0.3, -0.25) is 4.79 Å². The number of carbonyl (C=O) groups excluding carboxylic acids is 1. The van der Waals surface area contributed by atoms with Crippen molar-refractivity contribution in [3.8, 4) is 0 Å². The first-order valence-electron chi connectivity index (χ1n) is 5.08. The van der Waals surface area contributed by atoms with Gasteiger partial charge in [-0.05, 0) is 48.6 Å². The number of aryl methyl sites for hydroxylation is 1. The van der Waals surface area contributed by atoms with Crippen LogP contribution in [0.2, 0.25) is 0 Å². The van der Waals surface area contributed by atoms with Crippen LogP contribution in [0.4, 0.5) is 0 Å². The van der Waals surface area contributed by atoms with E-state index < -0.39 is 0 Å². The highest BCUT2D eigenvalue weighted by Gasteiger charge is 2.15. The summed E-state index contributed by atoms with van der Waals surface area (Å²) >= 11 is 4.93. The van der Waals surface area contributed by atoms with Crippen molar-refractivity contribution in [3.63, 3.8) is 0 Å². The average molecular weight is 305 g/mol. The van der Waals surface area contributed by atoms with Crippen LogP contribution >= 0.6 is 27.3 Å². The normalized spacial score (nSPS) is 10.9. The molecule has 3 nitrogen and oxygen atoms in total. The van der Waals surface area contributed by atoms with Crippen molar-refractivity contribution in [2.45, 2.75) is 6.92 Å². The van der Waals surface area contributed by atoms with Crippen LogP contribution in [-0.4, -0.2) is 49.9 Å². The minimum absolute atomic E-state index is 0.0978. The van der Waals surface area contributed by atoms with Gasteiger partial charge in [0.2, 0.25) is 0 Å². The zero-order valence-corrected chi connectivity index (χ0v) is 12.5. The van der Waals surface area contributed by atoms with Gasteiger partial charge < -0.3 is 9.80 Å². The molecule has 1 rings (SSSR count). The molecule has 1 aromatic rings. The van der Waals surface area contributed by atoms with Crippen LogP contribution in [0.3, 0.4) is 0 Å². The molecule has 1 heterocycles. The summed E-state index contributed by atoms with van der Waals surface area (Å²) in [5.74, 6) is 0.0978. The van der Waals surface area contributed by atoms with Crippen molar-refractivity contribution in [2.24, 2.45) is 0 Å². The Hall–Kier alpha value is -0.390. The Morgan fingerprint density at radius 3 is 2.44 bits per heavy atom. The van der Waals surface area contributed by atoms with E-state index in [1.165, 1.54) is 11.3 Å². The van der Waals surface area contributed by atoms with E-state index in [1.54, 1.807) is 4.90 Å². The first kappa shape index (κ1) is 13.7. The van der Waals surface area contributed by atoms with E-state index in [0.717, 1.165) is 27.3 Å². The van der Waals surface area contributed by atoms with Gasteiger partial charge in [-0.1, -0.05) is 0 Å². The predicted octanol–water partition coefficient (Wildman–Crippen LogP) is 2.45. The minimum Gasteiger partial charge on any atom is -0.340 e. The molecule has 0 radical (unpaired) electrons. The van der Waals surface area contributed by atoms with Crippen LogP contribution < -0.4 is 0 Å². The van der Waals surface area contributed by atoms with Crippen LogP contribution in [0.5, 0.6) is 0 Å². The second-order valence-electron chi connectivity index (χ2n) is 4.10. The summed E-state index contributed by atoms with van der Waals surface area (Å²) in [5.41, 5.74) is 1.12. The van der Waals surface area contributed by atoms with E-state index in [1.807, 2.05) is 34.1 Å². The molecule has 0 aliphatic carbocycles. The fourth-order valence-corrected chi connectivity index (χ4v) is 2.73. The summed E-state index contributed by atoms with van der Waals surface area (Å²) in [5, 5.41) is 0. The lowest BCUT2D eigenvalue weighted by molar-refractivity contribution is 0.0791. The van der Waals surface area contributed by atoms with Gasteiger partial charge in [0, 0.05) is 20.1 Å². The molecule has 0 aromatic carbocycles. The van der Waals surface area contributed by atoms with Gasteiger partial charge in [0.1, 0.15) is 0 Å². The standard InChI is InChI=1S/C11H17BrN2OS/c1-8-7-9(16-10(8)12)11(15)14(4)6-5-13(2)3/h7H,5-6H2,1-4H3. The number of hydrogen-bond donors (Lipinski definition) is 0. The third-order valence-electron chi connectivity index (χ3n) is 2.30. The Kier molecular flexibility index (Phi) is 4.95. The molecule has 90 valence electrons. The quantitative estimate of drug-likeness (QED) is 0.853. The zero-order chi connectivity index (χ0) is 12.3.